The lowest BCUT2D eigenvalue weighted by molar-refractivity contribution is -0.121. The maximum absolute atomic E-state index is 11.4. The van der Waals surface area contributed by atoms with Crippen LogP contribution in [-0.4, -0.2) is 25.1 Å². The van der Waals surface area contributed by atoms with Gasteiger partial charge in [0.2, 0.25) is 5.91 Å². The fraction of sp³-hybridized carbons (Fsp3) is 0.333. The Morgan fingerprint density at radius 2 is 1.94 bits per heavy atom. The van der Waals surface area contributed by atoms with Crippen molar-refractivity contribution in [3.8, 4) is 5.75 Å². The first-order chi connectivity index (χ1) is 8.52. The van der Waals surface area contributed by atoms with E-state index in [9.17, 15) is 9.59 Å². The van der Waals surface area contributed by atoms with E-state index in [1.165, 1.54) is 0 Å². The zero-order valence-corrected chi connectivity index (χ0v) is 10.4. The molecule has 1 rings (SSSR count). The Morgan fingerprint density at radius 3 is 2.44 bits per heavy atom. The third-order valence-corrected chi connectivity index (χ3v) is 2.41. The Labute approximate surface area is 105 Å². The molecule has 0 saturated carbocycles. The van der Waals surface area contributed by atoms with Crippen molar-refractivity contribution in [2.75, 3.05) is 7.11 Å². The molecule has 0 aliphatic rings. The van der Waals surface area contributed by atoms with Crippen molar-refractivity contribution < 1.29 is 14.3 Å². The van der Waals surface area contributed by atoms with E-state index in [1.54, 1.807) is 14.0 Å². The highest BCUT2D eigenvalue weighted by molar-refractivity contribution is 5.96. The molecule has 4 N–H and O–H groups in total. The van der Waals surface area contributed by atoms with E-state index in [0.717, 1.165) is 11.3 Å². The Kier molecular flexibility index (Phi) is 5.13. The van der Waals surface area contributed by atoms with Gasteiger partial charge in [0.05, 0.1) is 13.2 Å². The molecule has 1 atom stereocenters. The number of hydrogen-bond donors (Lipinski definition) is 3. The number of amides is 3. The summed E-state index contributed by atoms with van der Waals surface area (Å²) in [6.45, 7) is 2.17. The van der Waals surface area contributed by atoms with Crippen LogP contribution in [0.3, 0.4) is 0 Å². The summed E-state index contributed by atoms with van der Waals surface area (Å²) in [7, 11) is 1.60. The molecule has 6 heteroatoms. The third-order valence-electron chi connectivity index (χ3n) is 2.41. The predicted octanol–water partition coefficient (Wildman–Crippen LogP) is 0.368. The maximum Gasteiger partial charge on any atom is 0.318 e. The van der Waals surface area contributed by atoms with Gasteiger partial charge >= 0.3 is 6.03 Å². The predicted molar refractivity (Wildman–Crippen MR) is 67.0 cm³/mol. The van der Waals surface area contributed by atoms with Crippen molar-refractivity contribution in [1.29, 1.82) is 0 Å². The number of nitrogens with one attached hydrogen (secondary N) is 2. The summed E-state index contributed by atoms with van der Waals surface area (Å²) in [6.07, 6.45) is 0. The van der Waals surface area contributed by atoms with Gasteiger partial charge in [0.1, 0.15) is 5.75 Å². The minimum atomic E-state index is -0.849. The average molecular weight is 251 g/mol. The maximum atomic E-state index is 11.4. The van der Waals surface area contributed by atoms with Crippen LogP contribution in [0, 0.1) is 0 Å². The minimum absolute atomic E-state index is 0.448. The van der Waals surface area contributed by atoms with Gasteiger partial charge < -0.3 is 15.8 Å². The molecule has 0 aliphatic heterocycles. The van der Waals surface area contributed by atoms with Crippen molar-refractivity contribution in [3.63, 3.8) is 0 Å². The molecule has 1 aromatic rings. The van der Waals surface area contributed by atoms with Crippen molar-refractivity contribution >= 4 is 11.9 Å². The first kappa shape index (κ1) is 14.0. The first-order valence-electron chi connectivity index (χ1n) is 5.49. The fourth-order valence-electron chi connectivity index (χ4n) is 1.34. The highest BCUT2D eigenvalue weighted by atomic mass is 16.5. The third kappa shape index (κ3) is 4.42. The number of carbonyl (C=O) groups is 2. The van der Waals surface area contributed by atoms with Crippen molar-refractivity contribution in [3.05, 3.63) is 29.8 Å². The van der Waals surface area contributed by atoms with Crippen LogP contribution < -0.4 is 21.1 Å². The van der Waals surface area contributed by atoms with Crippen molar-refractivity contribution in [1.82, 2.24) is 10.6 Å². The number of imide groups is 1. The number of ether oxygens (including phenoxy) is 1. The van der Waals surface area contributed by atoms with Crippen molar-refractivity contribution in [2.45, 2.75) is 19.5 Å². The van der Waals surface area contributed by atoms with Crippen LogP contribution in [0.2, 0.25) is 0 Å². The van der Waals surface area contributed by atoms with Gasteiger partial charge in [-0.2, -0.15) is 0 Å². The van der Waals surface area contributed by atoms with E-state index in [4.69, 9.17) is 10.5 Å². The van der Waals surface area contributed by atoms with Crippen LogP contribution in [0.25, 0.3) is 0 Å². The van der Waals surface area contributed by atoms with Crippen LogP contribution in [-0.2, 0) is 11.3 Å². The van der Waals surface area contributed by atoms with Gasteiger partial charge in [-0.1, -0.05) is 12.1 Å². The summed E-state index contributed by atoms with van der Waals surface area (Å²) in [5.74, 6) is 0.328. The van der Waals surface area contributed by atoms with E-state index < -0.39 is 18.0 Å². The average Bonchev–Trinajstić information content (AvgIpc) is 2.35. The summed E-state index contributed by atoms with van der Waals surface area (Å²) in [4.78, 5) is 21.9. The van der Waals surface area contributed by atoms with Crippen LogP contribution >= 0.6 is 0 Å². The lowest BCUT2D eigenvalue weighted by Gasteiger charge is -2.12. The van der Waals surface area contributed by atoms with Gasteiger partial charge in [-0.15, -0.1) is 0 Å². The summed E-state index contributed by atoms with van der Waals surface area (Å²) in [6, 6.07) is 6.11. The lowest BCUT2D eigenvalue weighted by Crippen LogP contribution is -2.46. The minimum Gasteiger partial charge on any atom is -0.497 e. The van der Waals surface area contributed by atoms with Crippen LogP contribution in [0.1, 0.15) is 12.5 Å². The zero-order valence-electron chi connectivity index (χ0n) is 10.4. The smallest absolute Gasteiger partial charge is 0.318 e. The summed E-state index contributed by atoms with van der Waals surface area (Å²) >= 11 is 0. The lowest BCUT2D eigenvalue weighted by atomic mass is 10.2. The summed E-state index contributed by atoms with van der Waals surface area (Å²) in [5, 5.41) is 5.00. The van der Waals surface area contributed by atoms with E-state index in [2.05, 4.69) is 5.32 Å². The number of primary amides is 1. The Bertz CT molecular complexity index is 417. The second-order valence-corrected chi connectivity index (χ2v) is 3.80. The molecule has 1 aromatic carbocycles. The molecule has 0 radical (unpaired) electrons. The molecule has 0 fully saturated rings. The van der Waals surface area contributed by atoms with E-state index >= 15 is 0 Å². The Hall–Kier alpha value is -2.08. The van der Waals surface area contributed by atoms with Crippen molar-refractivity contribution in [2.24, 2.45) is 5.73 Å². The van der Waals surface area contributed by atoms with Gasteiger partial charge in [0.25, 0.3) is 0 Å². The molecule has 3 amide bonds. The first-order valence-corrected chi connectivity index (χ1v) is 5.49. The number of nitrogens with two attached hydrogens (primary N) is 1. The Morgan fingerprint density at radius 1 is 1.33 bits per heavy atom. The Balaban J connectivity index is 2.43. The second-order valence-electron chi connectivity index (χ2n) is 3.80. The SMILES string of the molecule is COc1ccc(CNC(C)C(=O)NC(N)=O)cc1. The molecule has 0 bridgehead atoms. The molecule has 0 aromatic heterocycles. The molecule has 0 heterocycles. The van der Waals surface area contributed by atoms with Gasteiger partial charge in [-0.3, -0.25) is 10.1 Å². The summed E-state index contributed by atoms with van der Waals surface area (Å²) in [5.41, 5.74) is 5.87. The monoisotopic (exact) mass is 251 g/mol. The van der Waals surface area contributed by atoms with Crippen LogP contribution in [0.4, 0.5) is 4.79 Å². The molecule has 0 aliphatic carbocycles. The molecular formula is C12H17N3O3. The number of carbonyl (C=O) groups excluding carboxylic acids is 2. The molecule has 6 nitrogen and oxygen atoms in total. The molecular weight excluding hydrogens is 234 g/mol. The zero-order chi connectivity index (χ0) is 13.5. The number of methoxy groups -OCH3 is 1. The van der Waals surface area contributed by atoms with Gasteiger partial charge in [0.15, 0.2) is 0 Å². The molecule has 98 valence electrons. The highest BCUT2D eigenvalue weighted by Crippen LogP contribution is 2.10. The van der Waals surface area contributed by atoms with E-state index in [-0.39, 0.29) is 0 Å². The van der Waals surface area contributed by atoms with E-state index in [1.807, 2.05) is 29.6 Å². The van der Waals surface area contributed by atoms with Gasteiger partial charge in [-0.25, -0.2) is 4.79 Å². The molecule has 18 heavy (non-hydrogen) atoms. The van der Waals surface area contributed by atoms with Crippen LogP contribution in [0.5, 0.6) is 5.75 Å². The van der Waals surface area contributed by atoms with E-state index in [0.29, 0.717) is 6.54 Å². The normalized spacial score (nSPS) is 11.7. The van der Waals surface area contributed by atoms with Crippen LogP contribution in [0.15, 0.2) is 24.3 Å². The largest absolute Gasteiger partial charge is 0.497 e. The van der Waals surface area contributed by atoms with Gasteiger partial charge in [0, 0.05) is 6.54 Å². The summed E-state index contributed by atoms with van der Waals surface area (Å²) < 4.78 is 5.04. The molecule has 0 spiro atoms. The highest BCUT2D eigenvalue weighted by Gasteiger charge is 2.13. The van der Waals surface area contributed by atoms with Gasteiger partial charge in [-0.05, 0) is 24.6 Å². The molecule has 1 unspecified atom stereocenters. The topological polar surface area (TPSA) is 93.4 Å². The number of urea groups is 1. The number of benzene rings is 1. The standard InChI is InChI=1S/C12H17N3O3/c1-8(11(16)15-12(13)17)14-7-9-3-5-10(18-2)6-4-9/h3-6,8,14H,7H2,1-2H3,(H3,13,15,16,17). The second kappa shape index (κ2) is 6.61. The number of hydrogen-bond acceptors (Lipinski definition) is 4. The number of rotatable bonds is 5. The molecule has 0 saturated heterocycles. The quantitative estimate of drug-likeness (QED) is 0.704. The fourth-order valence-corrected chi connectivity index (χ4v) is 1.34.